The van der Waals surface area contributed by atoms with Gasteiger partial charge in [0, 0.05) is 23.8 Å². The number of aromatic hydroxyl groups is 5. The summed E-state index contributed by atoms with van der Waals surface area (Å²) in [6.45, 7) is -2.53. The average Bonchev–Trinajstić information content (AvgIpc) is 3.30. The second kappa shape index (κ2) is 20.1. The van der Waals surface area contributed by atoms with E-state index in [1.807, 2.05) is 0 Å². The Kier molecular flexibility index (Phi) is 14.7. The molecule has 4 aromatic rings. The van der Waals surface area contributed by atoms with Crippen molar-refractivity contribution in [2.24, 2.45) is 0 Å². The smallest absolute Gasteiger partial charge is 0.330 e. The maximum absolute atomic E-state index is 14.4. The monoisotopic (exact) mass is 950 g/mol. The number of carbonyl (C=O) groups is 1. The molecule has 3 fully saturated rings. The summed E-state index contributed by atoms with van der Waals surface area (Å²) >= 11 is 0. The molecule has 1 aromatic heterocycles. The lowest BCUT2D eigenvalue weighted by Gasteiger charge is -2.45. The van der Waals surface area contributed by atoms with Crippen LogP contribution in [0.4, 0.5) is 0 Å². The first-order chi connectivity index (χ1) is 31.8. The minimum Gasteiger partial charge on any atom is -0.507 e. The second-order valence-electron chi connectivity index (χ2n) is 15.6. The van der Waals surface area contributed by atoms with Gasteiger partial charge in [-0.2, -0.15) is 0 Å². The Balaban J connectivity index is 1.19. The van der Waals surface area contributed by atoms with Crippen LogP contribution in [-0.2, 0) is 28.5 Å². The molecule has 0 aliphatic carbocycles. The van der Waals surface area contributed by atoms with Crippen LogP contribution in [0.25, 0.3) is 28.4 Å². The van der Waals surface area contributed by atoms with Gasteiger partial charge in [0.1, 0.15) is 96.2 Å². The zero-order valence-electron chi connectivity index (χ0n) is 34.3. The minimum atomic E-state index is -2.08. The van der Waals surface area contributed by atoms with Gasteiger partial charge in [-0.05, 0) is 42.0 Å². The van der Waals surface area contributed by atoms with Crippen molar-refractivity contribution < 1.29 is 119 Å². The van der Waals surface area contributed by atoms with Crippen molar-refractivity contribution in [1.82, 2.24) is 0 Å². The first kappa shape index (κ1) is 49.0. The first-order valence-electron chi connectivity index (χ1n) is 20.2. The summed E-state index contributed by atoms with van der Waals surface area (Å²) in [5.74, 6) is -5.92. The van der Waals surface area contributed by atoms with Crippen LogP contribution in [-0.4, -0.2) is 195 Å². The quantitative estimate of drug-likeness (QED) is 0.0350. The molecule has 0 radical (unpaired) electrons. The summed E-state index contributed by atoms with van der Waals surface area (Å²) in [6.07, 6.45) is -26.0. The normalized spacial score (nSPS) is 32.3. The number of carbonyl (C=O) groups excluding carboxylic acids is 1. The zero-order chi connectivity index (χ0) is 48.6. The van der Waals surface area contributed by atoms with Crippen LogP contribution in [0.1, 0.15) is 5.56 Å². The Morgan fingerprint density at radius 3 is 1.82 bits per heavy atom. The predicted octanol–water partition coefficient (Wildman–Crippen LogP) is -3.57. The van der Waals surface area contributed by atoms with E-state index in [0.717, 1.165) is 42.5 Å². The third-order valence-corrected chi connectivity index (χ3v) is 11.1. The fourth-order valence-electron chi connectivity index (χ4n) is 7.34. The summed E-state index contributed by atoms with van der Waals surface area (Å²) < 4.78 is 45.2. The van der Waals surface area contributed by atoms with Gasteiger partial charge in [0.05, 0.1) is 13.2 Å². The van der Waals surface area contributed by atoms with Crippen LogP contribution < -0.4 is 14.9 Å². The van der Waals surface area contributed by atoms with E-state index in [0.29, 0.717) is 5.56 Å². The van der Waals surface area contributed by atoms with Crippen molar-refractivity contribution in [3.8, 4) is 51.6 Å². The molecule has 15 N–H and O–H groups in total. The molecule has 15 atom stereocenters. The highest BCUT2D eigenvalue weighted by Crippen LogP contribution is 2.41. The van der Waals surface area contributed by atoms with Crippen molar-refractivity contribution in [3.63, 3.8) is 0 Å². The first-order valence-corrected chi connectivity index (χ1v) is 20.2. The fraction of sp³-hybridized carbons (Fsp3) is 0.429. The topological polar surface area (TPSA) is 415 Å². The molecule has 0 saturated carbocycles. The summed E-state index contributed by atoms with van der Waals surface area (Å²) in [4.78, 5) is 26.9. The Morgan fingerprint density at radius 2 is 1.18 bits per heavy atom. The molecule has 0 amide bonds. The lowest BCUT2D eigenvalue weighted by Crippen LogP contribution is -2.65. The summed E-state index contributed by atoms with van der Waals surface area (Å²) in [5, 5.41) is 155. The molecule has 3 aliphatic rings. The highest BCUT2D eigenvalue weighted by atomic mass is 16.8. The number of aliphatic hydroxyl groups is 10. The van der Waals surface area contributed by atoms with Gasteiger partial charge in [-0.25, -0.2) is 4.79 Å². The highest BCUT2D eigenvalue weighted by molar-refractivity contribution is 5.89. The molecule has 0 bridgehead atoms. The van der Waals surface area contributed by atoms with Crippen molar-refractivity contribution in [3.05, 3.63) is 70.4 Å². The van der Waals surface area contributed by atoms with Crippen molar-refractivity contribution in [1.29, 1.82) is 0 Å². The number of esters is 1. The van der Waals surface area contributed by atoms with E-state index >= 15 is 0 Å². The van der Waals surface area contributed by atoms with Gasteiger partial charge in [0.2, 0.25) is 23.8 Å². The van der Waals surface area contributed by atoms with E-state index in [-0.39, 0.29) is 5.56 Å². The second-order valence-corrected chi connectivity index (χ2v) is 15.6. The summed E-state index contributed by atoms with van der Waals surface area (Å²) in [7, 11) is 0. The third-order valence-electron chi connectivity index (χ3n) is 11.1. The predicted molar refractivity (Wildman–Crippen MR) is 217 cm³/mol. The van der Waals surface area contributed by atoms with Crippen molar-refractivity contribution in [2.45, 2.75) is 92.1 Å². The van der Waals surface area contributed by atoms with Gasteiger partial charge in [-0.3, -0.25) is 4.79 Å². The van der Waals surface area contributed by atoms with Gasteiger partial charge >= 0.3 is 5.97 Å². The van der Waals surface area contributed by atoms with Gasteiger partial charge in [-0.1, -0.05) is 6.07 Å². The molecule has 15 unspecified atom stereocenters. The standard InChI is InChI=1S/C42H46O25/c43-11-23-28(51)32(55)36(59)41(63-23)67-39-34(57)29(52)24(12-44)64-42(39)66-38-31(54)27-21(49)9-16(10-22(27)62-37(38)15-3-5-18(46)20(48)8-15)61-40-35(58)33(56)30(53)25(65-40)13-60-26(50)6-2-14-1-4-17(45)19(47)7-14/h1-10,23-25,28-30,32-36,39-49,51-53,55-59H,11-13H2. The van der Waals surface area contributed by atoms with Gasteiger partial charge in [-0.15, -0.1) is 0 Å². The van der Waals surface area contributed by atoms with Crippen LogP contribution in [0.5, 0.6) is 40.2 Å². The summed E-state index contributed by atoms with van der Waals surface area (Å²) in [5.41, 5.74) is -1.60. The number of rotatable bonds is 13. The average molecular weight is 951 g/mol. The van der Waals surface area contributed by atoms with Gasteiger partial charge in [0.25, 0.3) is 0 Å². The van der Waals surface area contributed by atoms with Crippen LogP contribution in [0, 0.1) is 0 Å². The lowest BCUT2D eigenvalue weighted by molar-refractivity contribution is -0.358. The molecule has 7 rings (SSSR count). The van der Waals surface area contributed by atoms with E-state index < -0.39 is 180 Å². The molecule has 364 valence electrons. The van der Waals surface area contributed by atoms with Crippen LogP contribution >= 0.6 is 0 Å². The number of fused-ring (bicyclic) bond motifs is 1. The van der Waals surface area contributed by atoms with E-state index in [1.54, 1.807) is 0 Å². The maximum Gasteiger partial charge on any atom is 0.330 e. The number of phenolic OH excluding ortho intramolecular Hbond substituents is 5. The molecule has 3 saturated heterocycles. The molecule has 67 heavy (non-hydrogen) atoms. The highest BCUT2D eigenvalue weighted by Gasteiger charge is 2.52. The Labute approximate surface area is 375 Å². The number of benzene rings is 3. The molecule has 3 aliphatic heterocycles. The van der Waals surface area contributed by atoms with E-state index in [2.05, 4.69) is 0 Å². The van der Waals surface area contributed by atoms with Crippen LogP contribution in [0.3, 0.4) is 0 Å². The SMILES string of the molecule is O=C(C=Cc1ccc(O)c(O)c1)OCC1OC(Oc2cc(O)c3c(=O)c(OC4OC(CO)C(O)C(O)C4OC4OC(CO)C(O)C(O)C4O)c(-c4ccc(O)c(O)c4)oc3c2)C(O)C(O)C1O. The third kappa shape index (κ3) is 10.1. The van der Waals surface area contributed by atoms with E-state index in [4.69, 9.17) is 37.6 Å². The van der Waals surface area contributed by atoms with Crippen LogP contribution in [0.2, 0.25) is 0 Å². The van der Waals surface area contributed by atoms with Crippen molar-refractivity contribution >= 4 is 23.0 Å². The molecule has 3 aromatic carbocycles. The molecule has 25 nitrogen and oxygen atoms in total. The van der Waals surface area contributed by atoms with Crippen molar-refractivity contribution in [2.75, 3.05) is 19.8 Å². The number of hydrogen-bond acceptors (Lipinski definition) is 25. The van der Waals surface area contributed by atoms with E-state index in [9.17, 15) is 86.2 Å². The molecule has 0 spiro atoms. The van der Waals surface area contributed by atoms with E-state index in [1.165, 1.54) is 18.2 Å². The maximum atomic E-state index is 14.4. The number of hydrogen-bond donors (Lipinski definition) is 15. The number of phenols is 5. The zero-order valence-corrected chi connectivity index (χ0v) is 34.3. The number of ether oxygens (including phenoxy) is 7. The molecule has 25 heteroatoms. The minimum absolute atomic E-state index is 0.201. The molecule has 4 heterocycles. The Morgan fingerprint density at radius 1 is 0.597 bits per heavy atom. The van der Waals surface area contributed by atoms with Gasteiger partial charge < -0.3 is 114 Å². The van der Waals surface area contributed by atoms with Crippen LogP contribution in [0.15, 0.2) is 63.8 Å². The van der Waals surface area contributed by atoms with Gasteiger partial charge in [0.15, 0.2) is 41.2 Å². The largest absolute Gasteiger partial charge is 0.507 e. The lowest BCUT2D eigenvalue weighted by atomic mass is 9.97. The molecular formula is C42H46O25. The Hall–Kier alpha value is -5.88. The molecular weight excluding hydrogens is 904 g/mol. The summed E-state index contributed by atoms with van der Waals surface area (Å²) in [6, 6.07) is 8.63. The number of aliphatic hydroxyl groups excluding tert-OH is 10. The fourth-order valence-corrected chi connectivity index (χ4v) is 7.34. The Bertz CT molecular complexity index is 2490.